The van der Waals surface area contributed by atoms with E-state index in [1.165, 1.54) is 104 Å². The Labute approximate surface area is 576 Å². The summed E-state index contributed by atoms with van der Waals surface area (Å²) in [7, 11) is 10.0. The van der Waals surface area contributed by atoms with Gasteiger partial charge in [0.1, 0.15) is 42.1 Å². The fourth-order valence-electron chi connectivity index (χ4n) is 13.4. The molecule has 2 aliphatic heterocycles. The van der Waals surface area contributed by atoms with Crippen LogP contribution in [0.3, 0.4) is 0 Å². The van der Waals surface area contributed by atoms with Crippen LogP contribution >= 0.6 is 0 Å². The standard InChI is InChI=1S/C71H120F3N11O12/c1-25-49-35-57(88)61(62(89)45(14)26-27-84-28-29-85-37-58(71(72,73)74)76-59(85)38-84)83(24)70(97)60(44(12)13)82(23)69(96)54(33-42(8)9)81(22)68(95)53(32-41(6)7)80(21)64(91)47(16)75-63(90)46(15)34-55(86)51(30-39(2)3)79(20)67(94)50(43(10)11)36-56(87)52(31-40(4)5)78(19)65(92)48(17)77(18)66(49)93/h37,39-54,60-62,89H,25-36,38H2,1-24H3,(H,75,90)/t45-,46+,47+,48-,49+,50-,51?,52+,53-,54-,60-,61+,62-/m1/s1. The van der Waals surface area contributed by atoms with Crippen molar-refractivity contribution in [2.45, 2.75) is 249 Å². The summed E-state index contributed by atoms with van der Waals surface area (Å²) in [6.07, 6.45) is -5.53. The molecule has 0 saturated carbocycles. The van der Waals surface area contributed by atoms with E-state index in [9.17, 15) is 51.8 Å². The van der Waals surface area contributed by atoms with Gasteiger partial charge in [-0.1, -0.05) is 104 Å². The van der Waals surface area contributed by atoms with Crippen LogP contribution in [0.4, 0.5) is 13.2 Å². The molecule has 13 atom stereocenters. The predicted octanol–water partition coefficient (Wildman–Crippen LogP) is 7.08. The molecule has 0 aliphatic carbocycles. The van der Waals surface area contributed by atoms with Crippen molar-refractivity contribution >= 4 is 64.6 Å². The summed E-state index contributed by atoms with van der Waals surface area (Å²) in [5.41, 5.74) is -1.01. The Morgan fingerprint density at radius 3 is 1.45 bits per heavy atom. The molecular weight excluding hydrogens is 1260 g/mol. The number of rotatable bonds is 16. The van der Waals surface area contributed by atoms with Crippen LogP contribution in [0.25, 0.3) is 0 Å². The minimum Gasteiger partial charge on any atom is -0.390 e. The van der Waals surface area contributed by atoms with E-state index in [1.54, 1.807) is 41.5 Å². The quantitative estimate of drug-likeness (QED) is 0.168. The predicted molar refractivity (Wildman–Crippen MR) is 364 cm³/mol. The van der Waals surface area contributed by atoms with Gasteiger partial charge in [0, 0.05) is 106 Å². The van der Waals surface area contributed by atoms with E-state index in [-0.39, 0.29) is 100 Å². The summed E-state index contributed by atoms with van der Waals surface area (Å²) in [4.78, 5) is 178. The number of Topliss-reactive ketones (excluding diaryl/α,β-unsaturated/α-hetero) is 3. The molecule has 8 amide bonds. The summed E-state index contributed by atoms with van der Waals surface area (Å²) in [6, 6.07) is -9.84. The first-order valence-electron chi connectivity index (χ1n) is 35.0. The molecule has 552 valence electrons. The zero-order chi connectivity index (χ0) is 74.5. The highest BCUT2D eigenvalue weighted by molar-refractivity contribution is 6.00. The number of aliphatic hydroxyl groups excluding tert-OH is 1. The number of likely N-dealkylation sites (N-methyl/N-ethyl adjacent to an activating group) is 7. The second-order valence-corrected chi connectivity index (χ2v) is 30.4. The van der Waals surface area contributed by atoms with Gasteiger partial charge in [0.05, 0.1) is 24.7 Å². The van der Waals surface area contributed by atoms with Crippen LogP contribution in [-0.2, 0) is 72.0 Å². The van der Waals surface area contributed by atoms with Gasteiger partial charge >= 0.3 is 6.18 Å². The molecule has 97 heavy (non-hydrogen) atoms. The third kappa shape index (κ3) is 22.3. The molecule has 1 aromatic heterocycles. The van der Waals surface area contributed by atoms with E-state index in [1.807, 2.05) is 60.3 Å². The molecule has 2 aliphatic rings. The number of halogens is 3. The number of aromatic nitrogens is 2. The number of nitrogens with zero attached hydrogens (tertiary/aromatic N) is 10. The van der Waals surface area contributed by atoms with Gasteiger partial charge in [-0.2, -0.15) is 13.2 Å². The number of nitrogens with one attached hydrogen (secondary N) is 1. The second kappa shape index (κ2) is 36.7. The average Bonchev–Trinajstić information content (AvgIpc) is 1.74. The van der Waals surface area contributed by atoms with Crippen LogP contribution in [0.15, 0.2) is 6.20 Å². The number of amides is 8. The number of hydrogen-bond acceptors (Lipinski definition) is 14. The number of carbonyl (C=O) groups excluding carboxylic acids is 11. The molecule has 26 heteroatoms. The largest absolute Gasteiger partial charge is 0.434 e. The maximum atomic E-state index is 15.5. The topological polar surface area (TPSA) is 264 Å². The number of carbonyl (C=O) groups is 11. The lowest BCUT2D eigenvalue weighted by molar-refractivity contribution is -0.157. The molecule has 2 N–H and O–H groups in total. The van der Waals surface area contributed by atoms with Crippen LogP contribution in [0.1, 0.15) is 187 Å². The molecule has 0 radical (unpaired) electrons. The average molecular weight is 1380 g/mol. The minimum absolute atomic E-state index is 0.0595. The van der Waals surface area contributed by atoms with E-state index in [0.29, 0.717) is 6.54 Å². The maximum Gasteiger partial charge on any atom is 0.434 e. The monoisotopic (exact) mass is 1380 g/mol. The Kier molecular flexibility index (Phi) is 32.1. The SMILES string of the molecule is CC[C@H]1CC(=O)[C@@H]([C@H](O)[C@H](C)CCN2CCn3cc(C(F)(F)F)nc3C2)N(C)C(=O)[C@@H](C(C)C)N(C)C(=O)[C@@H](CC(C)C)N(C)C(=O)[C@@H](CC(C)C)N(C)C(=O)[C@H](C)NC(=O)[C@@H](C)CC(=O)C(CC(C)C)N(C)C(=O)[C@@H](C(C)C)CC(=O)[C@H](CC(C)C)N(C)C(=O)[C@@H](C)N(C)C1=O. The van der Waals surface area contributed by atoms with Gasteiger partial charge in [-0.15, -0.1) is 0 Å². The van der Waals surface area contributed by atoms with Crippen molar-refractivity contribution in [2.24, 2.45) is 59.2 Å². The van der Waals surface area contributed by atoms with Crippen LogP contribution in [0.5, 0.6) is 0 Å². The molecule has 0 spiro atoms. The Morgan fingerprint density at radius 1 is 0.526 bits per heavy atom. The lowest BCUT2D eigenvalue weighted by Crippen LogP contribution is -2.62. The van der Waals surface area contributed by atoms with Crippen molar-refractivity contribution in [3.8, 4) is 0 Å². The summed E-state index contributed by atoms with van der Waals surface area (Å²) >= 11 is 0. The third-order valence-corrected chi connectivity index (χ3v) is 19.9. The molecule has 1 aromatic rings. The Bertz CT molecular complexity index is 2900. The molecular formula is C71H120F3N11O12. The zero-order valence-corrected chi connectivity index (χ0v) is 62.8. The molecule has 3 rings (SSSR count). The normalized spacial score (nSPS) is 27.1. The minimum atomic E-state index is -4.65. The van der Waals surface area contributed by atoms with Crippen molar-refractivity contribution in [1.82, 2.24) is 54.1 Å². The highest BCUT2D eigenvalue weighted by atomic mass is 19.4. The molecule has 1 fully saturated rings. The van der Waals surface area contributed by atoms with Gasteiger partial charge in [-0.05, 0) is 100 Å². The fourth-order valence-corrected chi connectivity index (χ4v) is 13.4. The summed E-state index contributed by atoms with van der Waals surface area (Å²) < 4.78 is 42.5. The number of alkyl halides is 3. The Balaban J connectivity index is 2.31. The van der Waals surface area contributed by atoms with Gasteiger partial charge in [-0.3, -0.25) is 57.6 Å². The van der Waals surface area contributed by atoms with Gasteiger partial charge in [0.15, 0.2) is 23.0 Å². The van der Waals surface area contributed by atoms with Crippen molar-refractivity contribution in [3.05, 3.63) is 17.7 Å². The first-order chi connectivity index (χ1) is 44.7. The van der Waals surface area contributed by atoms with E-state index >= 15 is 19.2 Å². The highest BCUT2D eigenvalue weighted by Gasteiger charge is 2.47. The fraction of sp³-hybridized carbons (Fsp3) is 0.803. The van der Waals surface area contributed by atoms with Crippen LogP contribution in [-0.4, -0.2) is 235 Å². The Morgan fingerprint density at radius 2 is 0.979 bits per heavy atom. The Hall–Kier alpha value is -6.31. The summed E-state index contributed by atoms with van der Waals surface area (Å²) in [6.45, 7) is 30.7. The van der Waals surface area contributed by atoms with Crippen molar-refractivity contribution in [2.75, 3.05) is 62.4 Å². The molecule has 23 nitrogen and oxygen atoms in total. The number of ketones is 3. The van der Waals surface area contributed by atoms with E-state index in [4.69, 9.17) is 0 Å². The van der Waals surface area contributed by atoms with E-state index in [2.05, 4.69) is 10.3 Å². The van der Waals surface area contributed by atoms with E-state index < -0.39 is 173 Å². The van der Waals surface area contributed by atoms with Gasteiger partial charge in [0.2, 0.25) is 47.3 Å². The molecule has 0 bridgehead atoms. The first kappa shape index (κ1) is 84.9. The third-order valence-electron chi connectivity index (χ3n) is 19.9. The van der Waals surface area contributed by atoms with Gasteiger partial charge < -0.3 is 49.3 Å². The molecule has 1 saturated heterocycles. The number of hydrogen-bond donors (Lipinski definition) is 2. The smallest absolute Gasteiger partial charge is 0.390 e. The van der Waals surface area contributed by atoms with Gasteiger partial charge in [-0.25, -0.2) is 4.98 Å². The maximum absolute atomic E-state index is 15.5. The van der Waals surface area contributed by atoms with Crippen molar-refractivity contribution in [1.29, 1.82) is 0 Å². The lowest BCUT2D eigenvalue weighted by atomic mass is 9.84. The van der Waals surface area contributed by atoms with Crippen molar-refractivity contribution in [3.63, 3.8) is 0 Å². The number of fused-ring (bicyclic) bond motifs is 1. The van der Waals surface area contributed by atoms with Crippen LogP contribution in [0.2, 0.25) is 0 Å². The van der Waals surface area contributed by atoms with Gasteiger partial charge in [0.25, 0.3) is 0 Å². The summed E-state index contributed by atoms with van der Waals surface area (Å²) in [5.74, 6) is -11.9. The number of imidazole rings is 1. The first-order valence-corrected chi connectivity index (χ1v) is 35.0. The zero-order valence-electron chi connectivity index (χ0n) is 62.8. The molecule has 0 aromatic carbocycles. The second-order valence-electron chi connectivity index (χ2n) is 30.4. The number of aliphatic hydroxyl groups is 1. The molecule has 3 heterocycles. The van der Waals surface area contributed by atoms with Crippen molar-refractivity contribution < 1.29 is 71.0 Å². The lowest BCUT2D eigenvalue weighted by Gasteiger charge is -2.42. The van der Waals surface area contributed by atoms with Crippen LogP contribution < -0.4 is 5.32 Å². The summed E-state index contributed by atoms with van der Waals surface area (Å²) in [5, 5.41) is 15.3. The van der Waals surface area contributed by atoms with E-state index in [0.717, 1.165) is 11.1 Å². The highest BCUT2D eigenvalue weighted by Crippen LogP contribution is 2.32. The van der Waals surface area contributed by atoms with Crippen LogP contribution in [0, 0.1) is 59.2 Å². The molecule has 1 unspecified atom stereocenters.